The number of hydrogen-bond donors (Lipinski definition) is 2. The molecule has 3 N–H and O–H groups in total. The number of amidine groups is 1. The number of carbonyl (C=O) groups excluding carboxylic acids is 1. The van der Waals surface area contributed by atoms with Crippen LogP contribution in [0.4, 0.5) is 10.1 Å². The molecule has 2 aromatic rings. The largest absolute Gasteiger partial charge is 0.474 e. The number of halogens is 1. The topological polar surface area (TPSA) is 112 Å². The van der Waals surface area contributed by atoms with Crippen molar-refractivity contribution >= 4 is 28.5 Å². The number of thioether (sulfide) groups is 1. The van der Waals surface area contributed by atoms with E-state index < -0.39 is 17.3 Å². The Morgan fingerprint density at radius 2 is 2.17 bits per heavy atom. The highest BCUT2D eigenvalue weighted by Gasteiger charge is 2.32. The lowest BCUT2D eigenvalue weighted by atomic mass is 9.89. The molecule has 1 aromatic heterocycles. The zero-order valence-corrected chi connectivity index (χ0v) is 17.0. The molecule has 0 bridgehead atoms. The van der Waals surface area contributed by atoms with Crippen LogP contribution in [0.25, 0.3) is 0 Å². The van der Waals surface area contributed by atoms with E-state index in [1.165, 1.54) is 36.3 Å². The molecule has 10 heteroatoms. The summed E-state index contributed by atoms with van der Waals surface area (Å²) in [5.74, 6) is 0.175. The Morgan fingerprint density at radius 3 is 2.86 bits per heavy atom. The van der Waals surface area contributed by atoms with E-state index >= 15 is 0 Å². The van der Waals surface area contributed by atoms with Crippen LogP contribution in [0.15, 0.2) is 35.6 Å². The van der Waals surface area contributed by atoms with E-state index in [1.54, 1.807) is 13.2 Å². The van der Waals surface area contributed by atoms with Gasteiger partial charge >= 0.3 is 0 Å². The second-order valence-corrected chi connectivity index (χ2v) is 7.67. The minimum absolute atomic E-state index is 0.109. The second-order valence-electron chi connectivity index (χ2n) is 6.55. The average molecular weight is 419 g/mol. The highest BCUT2D eigenvalue weighted by Crippen LogP contribution is 2.37. The van der Waals surface area contributed by atoms with Crippen molar-refractivity contribution in [2.45, 2.75) is 18.9 Å². The molecule has 0 fully saturated rings. The van der Waals surface area contributed by atoms with E-state index in [9.17, 15) is 9.18 Å². The lowest BCUT2D eigenvalue weighted by Crippen LogP contribution is -2.29. The van der Waals surface area contributed by atoms with Gasteiger partial charge in [-0.05, 0) is 31.5 Å². The number of anilines is 1. The van der Waals surface area contributed by atoms with E-state index in [4.69, 9.17) is 15.2 Å². The number of aliphatic imine (C=N–C) groups is 1. The third kappa shape index (κ3) is 5.21. The first-order chi connectivity index (χ1) is 13.9. The number of rotatable bonds is 7. The fraction of sp³-hybridized carbons (Fsp3) is 0.368. The molecule has 1 amide bonds. The van der Waals surface area contributed by atoms with Gasteiger partial charge in [-0.3, -0.25) is 9.79 Å². The molecule has 0 saturated carbocycles. The molecule has 0 unspecified atom stereocenters. The molecule has 29 heavy (non-hydrogen) atoms. The number of amides is 1. The molecule has 3 rings (SSSR count). The molecule has 2 heterocycles. The van der Waals surface area contributed by atoms with Gasteiger partial charge in [-0.25, -0.2) is 14.4 Å². The van der Waals surface area contributed by atoms with Crippen molar-refractivity contribution in [3.8, 4) is 5.88 Å². The molecule has 8 nitrogen and oxygen atoms in total. The van der Waals surface area contributed by atoms with Gasteiger partial charge < -0.3 is 20.5 Å². The van der Waals surface area contributed by atoms with Crippen molar-refractivity contribution in [2.24, 2.45) is 10.7 Å². The Morgan fingerprint density at radius 1 is 1.34 bits per heavy atom. The highest BCUT2D eigenvalue weighted by atomic mass is 32.2. The van der Waals surface area contributed by atoms with Crippen molar-refractivity contribution in [3.63, 3.8) is 0 Å². The third-order valence-corrected chi connectivity index (χ3v) is 5.19. The summed E-state index contributed by atoms with van der Waals surface area (Å²) in [4.78, 5) is 25.0. The predicted octanol–water partition coefficient (Wildman–Crippen LogP) is 2.56. The lowest BCUT2D eigenvalue weighted by molar-refractivity contribution is 0.102. The number of benzene rings is 1. The summed E-state index contributed by atoms with van der Waals surface area (Å²) in [5, 5.41) is 3.14. The van der Waals surface area contributed by atoms with Crippen molar-refractivity contribution in [1.82, 2.24) is 9.97 Å². The van der Waals surface area contributed by atoms with Crippen molar-refractivity contribution in [1.29, 1.82) is 0 Å². The fourth-order valence-electron chi connectivity index (χ4n) is 2.83. The molecule has 0 aliphatic carbocycles. The van der Waals surface area contributed by atoms with E-state index in [0.717, 1.165) is 5.75 Å². The number of carbonyl (C=O) groups is 1. The highest BCUT2D eigenvalue weighted by molar-refractivity contribution is 8.13. The quantitative estimate of drug-likeness (QED) is 0.663. The number of nitrogens with two attached hydrogens (primary N) is 1. The standard InChI is InChI=1S/C19H22FN5O3S/c1-19(5-8-29-18(21)25-19)13-9-12(3-4-14(13)20)24-17(26)15-10-23-16(11-22-15)28-7-6-27-2/h3-4,9-11H,5-8H2,1-2H3,(H2,21,25)(H,24,26)/t19-/m0/s1. The predicted molar refractivity (Wildman–Crippen MR) is 110 cm³/mol. The minimum Gasteiger partial charge on any atom is -0.474 e. The summed E-state index contributed by atoms with van der Waals surface area (Å²) in [6, 6.07) is 4.37. The number of ether oxygens (including phenoxy) is 2. The van der Waals surface area contributed by atoms with E-state index in [-0.39, 0.29) is 5.69 Å². The van der Waals surface area contributed by atoms with Crippen molar-refractivity contribution in [2.75, 3.05) is 31.4 Å². The van der Waals surface area contributed by atoms with Gasteiger partial charge in [0.05, 0.1) is 24.5 Å². The molecule has 154 valence electrons. The van der Waals surface area contributed by atoms with Crippen LogP contribution in [-0.4, -0.2) is 47.1 Å². The molecule has 1 aliphatic rings. The average Bonchev–Trinajstić information content (AvgIpc) is 2.70. The molecule has 1 aliphatic heterocycles. The smallest absolute Gasteiger partial charge is 0.275 e. The van der Waals surface area contributed by atoms with Gasteiger partial charge in [-0.15, -0.1) is 0 Å². The number of hydrogen-bond acceptors (Lipinski definition) is 8. The molecule has 0 radical (unpaired) electrons. The molecule has 1 aromatic carbocycles. The SMILES string of the molecule is COCCOc1cnc(C(=O)Nc2ccc(F)c([C@]3(C)CCSC(N)=N3)c2)cn1. The Kier molecular flexibility index (Phi) is 6.65. The zero-order valence-electron chi connectivity index (χ0n) is 16.1. The van der Waals surface area contributed by atoms with Gasteiger partial charge in [-0.2, -0.15) is 0 Å². The van der Waals surface area contributed by atoms with Crippen LogP contribution in [0.3, 0.4) is 0 Å². The van der Waals surface area contributed by atoms with Crippen LogP contribution in [0.1, 0.15) is 29.4 Å². The number of nitrogens with zero attached hydrogens (tertiary/aromatic N) is 3. The van der Waals surface area contributed by atoms with Gasteiger partial charge in [0.15, 0.2) is 5.17 Å². The summed E-state index contributed by atoms with van der Waals surface area (Å²) in [7, 11) is 1.57. The Bertz CT molecular complexity index is 909. The Hall–Kier alpha value is -2.72. The third-order valence-electron chi connectivity index (χ3n) is 4.40. The molecule has 1 atom stereocenters. The summed E-state index contributed by atoms with van der Waals surface area (Å²) >= 11 is 1.44. The van der Waals surface area contributed by atoms with E-state index in [2.05, 4.69) is 20.3 Å². The fourth-order valence-corrected chi connectivity index (χ4v) is 3.80. The van der Waals surface area contributed by atoms with Gasteiger partial charge in [0.1, 0.15) is 18.1 Å². The van der Waals surface area contributed by atoms with Gasteiger partial charge in [0.25, 0.3) is 5.91 Å². The maximum atomic E-state index is 14.5. The van der Waals surface area contributed by atoms with Crippen molar-refractivity contribution in [3.05, 3.63) is 47.7 Å². The summed E-state index contributed by atoms with van der Waals surface area (Å²) < 4.78 is 24.7. The number of nitrogens with one attached hydrogen (secondary N) is 1. The summed E-state index contributed by atoms with van der Waals surface area (Å²) in [6.45, 7) is 2.58. The van der Waals surface area contributed by atoms with Crippen LogP contribution in [0.2, 0.25) is 0 Å². The van der Waals surface area contributed by atoms with Crippen molar-refractivity contribution < 1.29 is 18.7 Å². The molecular weight excluding hydrogens is 397 g/mol. The number of aromatic nitrogens is 2. The van der Waals surface area contributed by atoms with E-state index in [1.807, 2.05) is 6.92 Å². The molecule has 0 saturated heterocycles. The minimum atomic E-state index is -0.777. The first kappa shape index (κ1) is 21.0. The van der Waals surface area contributed by atoms with E-state index in [0.29, 0.717) is 41.9 Å². The zero-order chi connectivity index (χ0) is 20.9. The maximum Gasteiger partial charge on any atom is 0.275 e. The summed E-state index contributed by atoms with van der Waals surface area (Å²) in [5.41, 5.74) is 5.98. The maximum absolute atomic E-state index is 14.5. The van der Waals surface area contributed by atoms with Gasteiger partial charge in [0, 0.05) is 24.1 Å². The Balaban J connectivity index is 1.73. The first-order valence-electron chi connectivity index (χ1n) is 8.94. The van der Waals surface area contributed by atoms with Crippen LogP contribution in [0.5, 0.6) is 5.88 Å². The lowest BCUT2D eigenvalue weighted by Gasteiger charge is -2.30. The van der Waals surface area contributed by atoms with Crippen LogP contribution in [0, 0.1) is 5.82 Å². The molecule has 0 spiro atoms. The number of methoxy groups -OCH3 is 1. The van der Waals surface area contributed by atoms with Crippen LogP contribution in [-0.2, 0) is 10.3 Å². The summed E-state index contributed by atoms with van der Waals surface area (Å²) in [6.07, 6.45) is 3.31. The normalized spacial score (nSPS) is 18.8. The second kappa shape index (κ2) is 9.19. The monoisotopic (exact) mass is 419 g/mol. The van der Waals surface area contributed by atoms with Gasteiger partial charge in [0.2, 0.25) is 5.88 Å². The van der Waals surface area contributed by atoms with Crippen LogP contribution < -0.4 is 15.8 Å². The molecular formula is C19H22FN5O3S. The first-order valence-corrected chi connectivity index (χ1v) is 9.93. The van der Waals surface area contributed by atoms with Crippen LogP contribution >= 0.6 is 11.8 Å². The van der Waals surface area contributed by atoms with Gasteiger partial charge in [-0.1, -0.05) is 11.8 Å². The Labute approximate surface area is 172 Å².